The van der Waals surface area contributed by atoms with Crippen LogP contribution in [0.5, 0.6) is 0 Å². The number of rotatable bonds is 11. The molecule has 2 nitrogen and oxygen atoms in total. The highest BCUT2D eigenvalue weighted by atomic mass is 16.5. The van der Waals surface area contributed by atoms with Gasteiger partial charge in [-0.2, -0.15) is 0 Å². The lowest BCUT2D eigenvalue weighted by atomic mass is 9.80. The Balaban J connectivity index is 1.49. The summed E-state index contributed by atoms with van der Waals surface area (Å²) in [6, 6.07) is 0. The van der Waals surface area contributed by atoms with Crippen molar-refractivity contribution < 1.29 is 9.47 Å². The molecule has 26 heavy (non-hydrogen) atoms. The van der Waals surface area contributed by atoms with Crippen LogP contribution in [0.1, 0.15) is 105 Å². The molecule has 0 N–H and O–H groups in total. The lowest BCUT2D eigenvalue weighted by Crippen LogP contribution is -2.28. The topological polar surface area (TPSA) is 18.5 Å². The molecule has 2 unspecified atom stereocenters. The lowest BCUT2D eigenvalue weighted by molar-refractivity contribution is -0.0631. The molecule has 0 aromatic heterocycles. The van der Waals surface area contributed by atoms with E-state index in [-0.39, 0.29) is 12.2 Å². The fraction of sp³-hybridized carbons (Fsp3) is 1.00. The first kappa shape index (κ1) is 22.2. The van der Waals surface area contributed by atoms with E-state index >= 15 is 0 Å². The first-order chi connectivity index (χ1) is 12.6. The Hall–Kier alpha value is -0.0800. The first-order valence-electron chi connectivity index (χ1n) is 11.8. The van der Waals surface area contributed by atoms with Crippen molar-refractivity contribution in [2.45, 2.75) is 117 Å². The van der Waals surface area contributed by atoms with Crippen LogP contribution >= 0.6 is 0 Å². The van der Waals surface area contributed by atoms with Gasteiger partial charge in [0.2, 0.25) is 0 Å². The van der Waals surface area contributed by atoms with E-state index in [2.05, 4.69) is 27.7 Å². The lowest BCUT2D eigenvalue weighted by Gasteiger charge is -2.29. The van der Waals surface area contributed by atoms with Crippen LogP contribution in [-0.4, -0.2) is 25.4 Å². The minimum absolute atomic E-state index is 0.220. The predicted molar refractivity (Wildman–Crippen MR) is 112 cm³/mol. The van der Waals surface area contributed by atoms with Crippen molar-refractivity contribution in [2.24, 2.45) is 23.7 Å². The standard InChI is InChI=1S/C24H46O2/c1-5-21-7-11-23(12-8-21)15-17-25-19(3)20(4)26-18-16-24-13-9-22(6-2)10-14-24/h19-24H,5-18H2,1-4H3. The molecular formula is C24H46O2. The molecule has 154 valence electrons. The van der Waals surface area contributed by atoms with E-state index in [1.54, 1.807) is 0 Å². The normalized spacial score (nSPS) is 32.3. The number of ether oxygens (including phenoxy) is 2. The highest BCUT2D eigenvalue weighted by Crippen LogP contribution is 2.33. The van der Waals surface area contributed by atoms with Gasteiger partial charge in [0.25, 0.3) is 0 Å². The van der Waals surface area contributed by atoms with Crippen molar-refractivity contribution in [3.05, 3.63) is 0 Å². The van der Waals surface area contributed by atoms with Gasteiger partial charge in [0.05, 0.1) is 12.2 Å². The second kappa shape index (κ2) is 12.4. The Labute approximate surface area is 163 Å². The van der Waals surface area contributed by atoms with Crippen LogP contribution < -0.4 is 0 Å². The summed E-state index contributed by atoms with van der Waals surface area (Å²) in [5.41, 5.74) is 0. The quantitative estimate of drug-likeness (QED) is 0.391. The molecule has 2 heteroatoms. The Bertz CT molecular complexity index is 306. The fourth-order valence-electron chi connectivity index (χ4n) is 4.97. The van der Waals surface area contributed by atoms with Gasteiger partial charge in [-0.1, -0.05) is 78.1 Å². The average Bonchev–Trinajstić information content (AvgIpc) is 2.68. The van der Waals surface area contributed by atoms with Crippen LogP contribution in [0.4, 0.5) is 0 Å². The van der Waals surface area contributed by atoms with Crippen molar-refractivity contribution in [1.29, 1.82) is 0 Å². The molecule has 2 fully saturated rings. The maximum Gasteiger partial charge on any atom is 0.0805 e. The van der Waals surface area contributed by atoms with Crippen molar-refractivity contribution in [1.82, 2.24) is 0 Å². The van der Waals surface area contributed by atoms with E-state index < -0.39 is 0 Å². The smallest absolute Gasteiger partial charge is 0.0805 e. The fourth-order valence-corrected chi connectivity index (χ4v) is 4.97. The van der Waals surface area contributed by atoms with Crippen LogP contribution in [0.3, 0.4) is 0 Å². The van der Waals surface area contributed by atoms with E-state index in [1.165, 1.54) is 77.0 Å². The van der Waals surface area contributed by atoms with Crippen LogP contribution in [0.2, 0.25) is 0 Å². The summed E-state index contributed by atoms with van der Waals surface area (Å²) >= 11 is 0. The zero-order chi connectivity index (χ0) is 18.8. The Kier molecular flexibility index (Phi) is 10.6. The van der Waals surface area contributed by atoms with Crippen LogP contribution in [-0.2, 0) is 9.47 Å². The van der Waals surface area contributed by atoms with Gasteiger partial charge in [0.15, 0.2) is 0 Å². The number of hydrogen-bond acceptors (Lipinski definition) is 2. The van der Waals surface area contributed by atoms with E-state index in [1.807, 2.05) is 0 Å². The minimum atomic E-state index is 0.220. The third-order valence-corrected chi connectivity index (χ3v) is 7.56. The second-order valence-electron chi connectivity index (χ2n) is 9.32. The summed E-state index contributed by atoms with van der Waals surface area (Å²) in [7, 11) is 0. The third-order valence-electron chi connectivity index (χ3n) is 7.56. The van der Waals surface area contributed by atoms with Crippen molar-refractivity contribution in [3.8, 4) is 0 Å². The summed E-state index contributed by atoms with van der Waals surface area (Å²) < 4.78 is 12.2. The molecule has 2 atom stereocenters. The summed E-state index contributed by atoms with van der Waals surface area (Å²) in [5, 5.41) is 0. The Morgan fingerprint density at radius 3 is 1.19 bits per heavy atom. The van der Waals surface area contributed by atoms with Gasteiger partial charge in [-0.05, 0) is 50.4 Å². The zero-order valence-corrected chi connectivity index (χ0v) is 18.2. The van der Waals surface area contributed by atoms with Crippen LogP contribution in [0, 0.1) is 23.7 Å². The predicted octanol–water partition coefficient (Wildman–Crippen LogP) is 7.01. The molecule has 0 aliphatic heterocycles. The van der Waals surface area contributed by atoms with Gasteiger partial charge in [-0.25, -0.2) is 0 Å². The maximum absolute atomic E-state index is 6.11. The van der Waals surface area contributed by atoms with E-state index in [4.69, 9.17) is 9.47 Å². The molecule has 0 heterocycles. The molecule has 2 rings (SSSR count). The van der Waals surface area contributed by atoms with Gasteiger partial charge in [-0.15, -0.1) is 0 Å². The average molecular weight is 367 g/mol. The van der Waals surface area contributed by atoms with Crippen molar-refractivity contribution in [3.63, 3.8) is 0 Å². The maximum atomic E-state index is 6.11. The molecule has 0 aromatic carbocycles. The summed E-state index contributed by atoms with van der Waals surface area (Å²) in [6.07, 6.45) is 17.1. The van der Waals surface area contributed by atoms with Gasteiger partial charge < -0.3 is 9.47 Å². The van der Waals surface area contributed by atoms with Crippen LogP contribution in [0.15, 0.2) is 0 Å². The van der Waals surface area contributed by atoms with Gasteiger partial charge in [0.1, 0.15) is 0 Å². The SMILES string of the molecule is CCC1CCC(CCOC(C)C(C)OCCC2CCC(CC)CC2)CC1. The van der Waals surface area contributed by atoms with Crippen molar-refractivity contribution >= 4 is 0 Å². The van der Waals surface area contributed by atoms with E-state index in [0.717, 1.165) is 36.9 Å². The highest BCUT2D eigenvalue weighted by molar-refractivity contribution is 4.73. The molecule has 2 aliphatic rings. The van der Waals surface area contributed by atoms with Crippen LogP contribution in [0.25, 0.3) is 0 Å². The second-order valence-corrected chi connectivity index (χ2v) is 9.32. The van der Waals surface area contributed by atoms with Gasteiger partial charge in [-0.3, -0.25) is 0 Å². The molecule has 0 radical (unpaired) electrons. The zero-order valence-electron chi connectivity index (χ0n) is 18.2. The largest absolute Gasteiger partial charge is 0.376 e. The first-order valence-corrected chi connectivity index (χ1v) is 11.8. The minimum Gasteiger partial charge on any atom is -0.376 e. The van der Waals surface area contributed by atoms with Crippen molar-refractivity contribution in [2.75, 3.05) is 13.2 Å². The Morgan fingerprint density at radius 1 is 0.577 bits per heavy atom. The third kappa shape index (κ3) is 7.89. The monoisotopic (exact) mass is 366 g/mol. The molecule has 2 aliphatic carbocycles. The number of hydrogen-bond donors (Lipinski definition) is 0. The highest BCUT2D eigenvalue weighted by Gasteiger charge is 2.22. The summed E-state index contributed by atoms with van der Waals surface area (Å²) in [5.74, 6) is 3.80. The molecule has 2 saturated carbocycles. The van der Waals surface area contributed by atoms with Gasteiger partial charge in [0, 0.05) is 13.2 Å². The molecule has 0 bridgehead atoms. The summed E-state index contributed by atoms with van der Waals surface area (Å²) in [4.78, 5) is 0. The van der Waals surface area contributed by atoms with E-state index in [0.29, 0.717) is 0 Å². The Morgan fingerprint density at radius 2 is 0.885 bits per heavy atom. The van der Waals surface area contributed by atoms with E-state index in [9.17, 15) is 0 Å². The molecule has 0 saturated heterocycles. The summed E-state index contributed by atoms with van der Waals surface area (Å²) in [6.45, 7) is 10.9. The molecule has 0 aromatic rings. The molecule has 0 amide bonds. The van der Waals surface area contributed by atoms with Gasteiger partial charge >= 0.3 is 0 Å². The molecule has 0 spiro atoms. The molecular weight excluding hydrogens is 320 g/mol.